The quantitative estimate of drug-likeness (QED) is 0.706. The van der Waals surface area contributed by atoms with Gasteiger partial charge in [-0.05, 0) is 48.5 Å². The third kappa shape index (κ3) is 3.89. The van der Waals surface area contributed by atoms with Gasteiger partial charge in [-0.2, -0.15) is 0 Å². The average Bonchev–Trinajstić information content (AvgIpc) is 2.56. The SMILES string of the molecule is Nc1cccc(Oc2ccc(C(=O)Nc3ccccc3)cc2)c1. The number of ether oxygens (including phenoxy) is 1. The van der Waals surface area contributed by atoms with Crippen molar-refractivity contribution in [2.24, 2.45) is 0 Å². The van der Waals surface area contributed by atoms with E-state index < -0.39 is 0 Å². The van der Waals surface area contributed by atoms with Crippen LogP contribution in [0.3, 0.4) is 0 Å². The molecule has 0 bridgehead atoms. The Hall–Kier alpha value is -3.27. The molecule has 23 heavy (non-hydrogen) atoms. The van der Waals surface area contributed by atoms with E-state index in [0.717, 1.165) is 5.69 Å². The first kappa shape index (κ1) is 14.7. The van der Waals surface area contributed by atoms with E-state index in [1.54, 1.807) is 36.4 Å². The fourth-order valence-corrected chi connectivity index (χ4v) is 2.11. The normalized spacial score (nSPS) is 10.1. The van der Waals surface area contributed by atoms with Crippen LogP contribution in [0, 0.1) is 0 Å². The fourth-order valence-electron chi connectivity index (χ4n) is 2.11. The molecule has 1 amide bonds. The summed E-state index contributed by atoms with van der Waals surface area (Å²) in [4.78, 5) is 12.2. The number of nitrogen functional groups attached to an aromatic ring is 1. The van der Waals surface area contributed by atoms with Gasteiger partial charge in [0.1, 0.15) is 11.5 Å². The largest absolute Gasteiger partial charge is 0.457 e. The molecule has 4 heteroatoms. The summed E-state index contributed by atoms with van der Waals surface area (Å²) in [5.74, 6) is 1.14. The van der Waals surface area contributed by atoms with Crippen molar-refractivity contribution in [3.05, 3.63) is 84.4 Å². The number of para-hydroxylation sites is 1. The summed E-state index contributed by atoms with van der Waals surface area (Å²) in [6.07, 6.45) is 0. The van der Waals surface area contributed by atoms with Gasteiger partial charge in [-0.1, -0.05) is 24.3 Å². The van der Waals surface area contributed by atoms with Crippen LogP contribution < -0.4 is 15.8 Å². The van der Waals surface area contributed by atoms with Crippen LogP contribution in [0.25, 0.3) is 0 Å². The monoisotopic (exact) mass is 304 g/mol. The minimum atomic E-state index is -0.160. The van der Waals surface area contributed by atoms with E-state index in [4.69, 9.17) is 10.5 Å². The van der Waals surface area contributed by atoms with Crippen LogP contribution in [0.4, 0.5) is 11.4 Å². The second-order valence-electron chi connectivity index (χ2n) is 5.02. The average molecular weight is 304 g/mol. The number of hydrogen-bond donors (Lipinski definition) is 2. The molecule has 0 unspecified atom stereocenters. The number of carbonyl (C=O) groups excluding carboxylic acids is 1. The minimum Gasteiger partial charge on any atom is -0.457 e. The molecule has 4 nitrogen and oxygen atoms in total. The molecule has 0 saturated heterocycles. The van der Waals surface area contributed by atoms with E-state index in [-0.39, 0.29) is 5.91 Å². The summed E-state index contributed by atoms with van der Waals surface area (Å²) in [6, 6.07) is 23.5. The van der Waals surface area contributed by atoms with Crippen molar-refractivity contribution >= 4 is 17.3 Å². The number of nitrogens with two attached hydrogens (primary N) is 1. The highest BCUT2D eigenvalue weighted by Crippen LogP contribution is 2.23. The molecule has 0 fully saturated rings. The molecule has 3 rings (SSSR count). The number of benzene rings is 3. The molecule has 3 N–H and O–H groups in total. The number of nitrogens with one attached hydrogen (secondary N) is 1. The number of carbonyl (C=O) groups is 1. The second-order valence-corrected chi connectivity index (χ2v) is 5.02. The molecule has 0 heterocycles. The van der Waals surface area contributed by atoms with E-state index in [9.17, 15) is 4.79 Å². The van der Waals surface area contributed by atoms with Gasteiger partial charge in [0.2, 0.25) is 0 Å². The molecule has 3 aromatic rings. The van der Waals surface area contributed by atoms with Gasteiger partial charge in [0.15, 0.2) is 0 Å². The zero-order valence-corrected chi connectivity index (χ0v) is 12.4. The van der Waals surface area contributed by atoms with Gasteiger partial charge >= 0.3 is 0 Å². The number of hydrogen-bond acceptors (Lipinski definition) is 3. The maximum Gasteiger partial charge on any atom is 0.255 e. The first-order valence-electron chi connectivity index (χ1n) is 7.20. The van der Waals surface area contributed by atoms with Gasteiger partial charge in [0.05, 0.1) is 0 Å². The molecule has 0 radical (unpaired) electrons. The summed E-state index contributed by atoms with van der Waals surface area (Å²) in [6.45, 7) is 0. The first-order chi connectivity index (χ1) is 11.2. The lowest BCUT2D eigenvalue weighted by atomic mass is 10.2. The van der Waals surface area contributed by atoms with Crippen molar-refractivity contribution in [2.75, 3.05) is 11.1 Å². The van der Waals surface area contributed by atoms with Gasteiger partial charge < -0.3 is 15.8 Å². The van der Waals surface area contributed by atoms with Crippen LogP contribution in [0.2, 0.25) is 0 Å². The molecule has 0 aliphatic heterocycles. The number of amides is 1. The summed E-state index contributed by atoms with van der Waals surface area (Å²) in [7, 11) is 0. The van der Waals surface area contributed by atoms with Gasteiger partial charge in [-0.15, -0.1) is 0 Å². The predicted octanol–water partition coefficient (Wildman–Crippen LogP) is 4.31. The summed E-state index contributed by atoms with van der Waals surface area (Å²) in [5, 5.41) is 2.84. The van der Waals surface area contributed by atoms with Crippen LogP contribution in [0.1, 0.15) is 10.4 Å². The Kier molecular flexibility index (Phi) is 4.25. The maximum absolute atomic E-state index is 12.2. The molecular formula is C19H16N2O2. The Morgan fingerprint density at radius 1 is 0.826 bits per heavy atom. The smallest absolute Gasteiger partial charge is 0.255 e. The Morgan fingerprint density at radius 3 is 2.26 bits per heavy atom. The van der Waals surface area contributed by atoms with Gasteiger partial charge in [0.25, 0.3) is 5.91 Å². The molecular weight excluding hydrogens is 288 g/mol. The summed E-state index contributed by atoms with van der Waals surface area (Å²) >= 11 is 0. The minimum absolute atomic E-state index is 0.160. The van der Waals surface area contributed by atoms with Crippen molar-refractivity contribution in [1.82, 2.24) is 0 Å². The molecule has 0 spiro atoms. The highest BCUT2D eigenvalue weighted by Gasteiger charge is 2.06. The van der Waals surface area contributed by atoms with E-state index >= 15 is 0 Å². The molecule has 0 aromatic heterocycles. The lowest BCUT2D eigenvalue weighted by molar-refractivity contribution is 0.102. The third-order valence-corrected chi connectivity index (χ3v) is 3.24. The molecule has 0 aliphatic rings. The van der Waals surface area contributed by atoms with Crippen molar-refractivity contribution in [3.63, 3.8) is 0 Å². The molecule has 0 aliphatic carbocycles. The topological polar surface area (TPSA) is 64.3 Å². The van der Waals surface area contributed by atoms with E-state index in [0.29, 0.717) is 22.7 Å². The van der Waals surface area contributed by atoms with Crippen LogP contribution in [0.5, 0.6) is 11.5 Å². The van der Waals surface area contributed by atoms with Crippen LogP contribution >= 0.6 is 0 Å². The Labute approximate surface area is 134 Å². The summed E-state index contributed by atoms with van der Waals surface area (Å²) in [5.41, 5.74) is 7.68. The highest BCUT2D eigenvalue weighted by molar-refractivity contribution is 6.04. The van der Waals surface area contributed by atoms with Gasteiger partial charge in [0, 0.05) is 23.0 Å². The fraction of sp³-hybridized carbons (Fsp3) is 0. The van der Waals surface area contributed by atoms with Crippen molar-refractivity contribution in [1.29, 1.82) is 0 Å². The highest BCUT2D eigenvalue weighted by atomic mass is 16.5. The molecule has 3 aromatic carbocycles. The second kappa shape index (κ2) is 6.66. The van der Waals surface area contributed by atoms with E-state index in [1.165, 1.54) is 0 Å². The van der Waals surface area contributed by atoms with Crippen molar-refractivity contribution in [2.45, 2.75) is 0 Å². The van der Waals surface area contributed by atoms with Crippen molar-refractivity contribution < 1.29 is 9.53 Å². The zero-order valence-electron chi connectivity index (χ0n) is 12.4. The van der Waals surface area contributed by atoms with Crippen LogP contribution in [0.15, 0.2) is 78.9 Å². The van der Waals surface area contributed by atoms with Gasteiger partial charge in [-0.25, -0.2) is 0 Å². The lowest BCUT2D eigenvalue weighted by Crippen LogP contribution is -2.11. The van der Waals surface area contributed by atoms with Crippen molar-refractivity contribution in [3.8, 4) is 11.5 Å². The first-order valence-corrected chi connectivity index (χ1v) is 7.20. The number of anilines is 2. The lowest BCUT2D eigenvalue weighted by Gasteiger charge is -2.08. The molecule has 0 atom stereocenters. The Balaban J connectivity index is 1.68. The molecule has 0 saturated carbocycles. The van der Waals surface area contributed by atoms with Crippen LogP contribution in [-0.4, -0.2) is 5.91 Å². The van der Waals surface area contributed by atoms with Gasteiger partial charge in [-0.3, -0.25) is 4.79 Å². The Bertz CT molecular complexity index is 799. The van der Waals surface area contributed by atoms with E-state index in [2.05, 4.69) is 5.32 Å². The van der Waals surface area contributed by atoms with Crippen LogP contribution in [-0.2, 0) is 0 Å². The number of rotatable bonds is 4. The van der Waals surface area contributed by atoms with E-state index in [1.807, 2.05) is 42.5 Å². The predicted molar refractivity (Wildman–Crippen MR) is 91.8 cm³/mol. The Morgan fingerprint density at radius 2 is 1.57 bits per heavy atom. The standard InChI is InChI=1S/C19H16N2O2/c20-15-5-4-8-18(13-15)23-17-11-9-14(10-12-17)19(22)21-16-6-2-1-3-7-16/h1-13H,20H2,(H,21,22). The molecule has 114 valence electrons. The summed E-state index contributed by atoms with van der Waals surface area (Å²) < 4.78 is 5.70. The zero-order chi connectivity index (χ0) is 16.1. The maximum atomic E-state index is 12.2. The third-order valence-electron chi connectivity index (χ3n) is 3.24.